The third kappa shape index (κ3) is 3.18. The van der Waals surface area contributed by atoms with Crippen LogP contribution in [-0.2, 0) is 7.05 Å². The SMILES string of the molecule is CC(NC(=O)c1nnc(N(C)C)n1C)c1ccc(F)cc1. The summed E-state index contributed by atoms with van der Waals surface area (Å²) in [5.41, 5.74) is 0.819. The number of rotatable bonds is 4. The van der Waals surface area contributed by atoms with Crippen LogP contribution in [0.25, 0.3) is 0 Å². The van der Waals surface area contributed by atoms with E-state index < -0.39 is 0 Å². The van der Waals surface area contributed by atoms with E-state index in [2.05, 4.69) is 15.5 Å². The molecular weight excluding hydrogens is 273 g/mol. The molecule has 1 unspecified atom stereocenters. The molecule has 1 heterocycles. The number of hydrogen-bond donors (Lipinski definition) is 1. The van der Waals surface area contributed by atoms with Gasteiger partial charge < -0.3 is 10.2 Å². The Balaban J connectivity index is 2.12. The van der Waals surface area contributed by atoms with Crippen LogP contribution in [0.1, 0.15) is 29.1 Å². The van der Waals surface area contributed by atoms with Crippen LogP contribution >= 0.6 is 0 Å². The van der Waals surface area contributed by atoms with Gasteiger partial charge in [0.1, 0.15) is 5.82 Å². The maximum Gasteiger partial charge on any atom is 0.289 e. The Bertz CT molecular complexity index is 635. The zero-order chi connectivity index (χ0) is 15.6. The van der Waals surface area contributed by atoms with Crippen LogP contribution in [0.5, 0.6) is 0 Å². The van der Waals surface area contributed by atoms with Crippen molar-refractivity contribution < 1.29 is 9.18 Å². The Morgan fingerprint density at radius 2 is 1.90 bits per heavy atom. The molecule has 1 N–H and O–H groups in total. The molecule has 2 rings (SSSR count). The van der Waals surface area contributed by atoms with Gasteiger partial charge >= 0.3 is 0 Å². The summed E-state index contributed by atoms with van der Waals surface area (Å²) in [6, 6.07) is 5.76. The van der Waals surface area contributed by atoms with Gasteiger partial charge in [-0.25, -0.2) is 4.39 Å². The zero-order valence-electron chi connectivity index (χ0n) is 12.5. The number of nitrogens with zero attached hydrogens (tertiary/aromatic N) is 4. The van der Waals surface area contributed by atoms with Gasteiger partial charge in [0.05, 0.1) is 6.04 Å². The van der Waals surface area contributed by atoms with Gasteiger partial charge in [0, 0.05) is 21.1 Å². The predicted molar refractivity (Wildman–Crippen MR) is 77.6 cm³/mol. The van der Waals surface area contributed by atoms with Crippen LogP contribution in [0.15, 0.2) is 24.3 Å². The summed E-state index contributed by atoms with van der Waals surface area (Å²) in [5.74, 6) is 0.193. The molecule has 0 saturated carbocycles. The number of hydrogen-bond acceptors (Lipinski definition) is 4. The van der Waals surface area contributed by atoms with Crippen molar-refractivity contribution in [1.82, 2.24) is 20.1 Å². The number of carbonyl (C=O) groups excluding carboxylic acids is 1. The van der Waals surface area contributed by atoms with E-state index in [1.807, 2.05) is 21.0 Å². The highest BCUT2D eigenvalue weighted by molar-refractivity contribution is 5.91. The predicted octanol–water partition coefficient (Wildman–Crippen LogP) is 1.51. The molecule has 6 nitrogen and oxygen atoms in total. The monoisotopic (exact) mass is 291 g/mol. The Morgan fingerprint density at radius 1 is 1.29 bits per heavy atom. The van der Waals surface area contributed by atoms with Crippen molar-refractivity contribution in [1.29, 1.82) is 0 Å². The minimum atomic E-state index is -0.324. The van der Waals surface area contributed by atoms with Gasteiger partial charge in [-0.15, -0.1) is 10.2 Å². The summed E-state index contributed by atoms with van der Waals surface area (Å²) in [5, 5.41) is 10.7. The Hall–Kier alpha value is -2.44. The van der Waals surface area contributed by atoms with E-state index in [1.54, 1.807) is 28.6 Å². The van der Waals surface area contributed by atoms with Crippen molar-refractivity contribution in [3.05, 3.63) is 41.5 Å². The summed E-state index contributed by atoms with van der Waals surface area (Å²) in [7, 11) is 5.38. The lowest BCUT2D eigenvalue weighted by Gasteiger charge is -2.14. The molecule has 0 bridgehead atoms. The summed E-state index contributed by atoms with van der Waals surface area (Å²) >= 11 is 0. The van der Waals surface area contributed by atoms with E-state index in [1.165, 1.54) is 12.1 Å². The molecule has 2 aromatic rings. The summed E-state index contributed by atoms with van der Waals surface area (Å²) in [4.78, 5) is 14.0. The molecule has 0 fully saturated rings. The molecule has 1 amide bonds. The Labute approximate surface area is 122 Å². The maximum atomic E-state index is 12.9. The van der Waals surface area contributed by atoms with E-state index in [9.17, 15) is 9.18 Å². The fourth-order valence-corrected chi connectivity index (χ4v) is 2.00. The van der Waals surface area contributed by atoms with Crippen molar-refractivity contribution >= 4 is 11.9 Å². The average molecular weight is 291 g/mol. The number of anilines is 1. The maximum absolute atomic E-state index is 12.9. The van der Waals surface area contributed by atoms with Gasteiger partial charge in [0.15, 0.2) is 0 Å². The minimum absolute atomic E-state index is 0.229. The smallest absolute Gasteiger partial charge is 0.289 e. The molecule has 0 radical (unpaired) electrons. The molecule has 0 spiro atoms. The third-order valence-electron chi connectivity index (χ3n) is 3.17. The Morgan fingerprint density at radius 3 is 2.43 bits per heavy atom. The molecule has 1 aromatic heterocycles. The van der Waals surface area contributed by atoms with Crippen molar-refractivity contribution in [3.8, 4) is 0 Å². The molecular formula is C14H18FN5O. The van der Waals surface area contributed by atoms with E-state index in [4.69, 9.17) is 0 Å². The molecule has 112 valence electrons. The van der Waals surface area contributed by atoms with Gasteiger partial charge in [0.2, 0.25) is 11.8 Å². The second-order valence-electron chi connectivity index (χ2n) is 5.02. The molecule has 0 aliphatic rings. The van der Waals surface area contributed by atoms with Crippen LogP contribution in [0, 0.1) is 5.82 Å². The lowest BCUT2D eigenvalue weighted by Crippen LogP contribution is -2.29. The molecule has 1 atom stereocenters. The first kappa shape index (κ1) is 15.0. The van der Waals surface area contributed by atoms with Crippen molar-refractivity contribution in [2.75, 3.05) is 19.0 Å². The highest BCUT2D eigenvalue weighted by Crippen LogP contribution is 2.14. The quantitative estimate of drug-likeness (QED) is 0.927. The number of nitrogens with one attached hydrogen (secondary N) is 1. The average Bonchev–Trinajstić information content (AvgIpc) is 2.81. The summed E-state index contributed by atoms with van der Waals surface area (Å²) in [6.45, 7) is 1.83. The van der Waals surface area contributed by atoms with E-state index >= 15 is 0 Å². The molecule has 1 aromatic carbocycles. The molecule has 0 saturated heterocycles. The second kappa shape index (κ2) is 5.90. The van der Waals surface area contributed by atoms with Gasteiger partial charge in [-0.05, 0) is 24.6 Å². The van der Waals surface area contributed by atoms with Gasteiger partial charge in [0.25, 0.3) is 5.91 Å². The van der Waals surface area contributed by atoms with Gasteiger partial charge in [-0.1, -0.05) is 12.1 Å². The van der Waals surface area contributed by atoms with E-state index in [0.29, 0.717) is 5.95 Å². The van der Waals surface area contributed by atoms with Crippen LogP contribution in [-0.4, -0.2) is 34.8 Å². The van der Waals surface area contributed by atoms with Crippen molar-refractivity contribution in [2.24, 2.45) is 7.05 Å². The Kier molecular flexibility index (Phi) is 4.21. The molecule has 21 heavy (non-hydrogen) atoms. The summed E-state index contributed by atoms with van der Waals surface area (Å²) < 4.78 is 14.5. The number of benzene rings is 1. The lowest BCUT2D eigenvalue weighted by atomic mass is 10.1. The third-order valence-corrected chi connectivity index (χ3v) is 3.17. The highest BCUT2D eigenvalue weighted by atomic mass is 19.1. The lowest BCUT2D eigenvalue weighted by molar-refractivity contribution is 0.0926. The van der Waals surface area contributed by atoms with Crippen molar-refractivity contribution in [2.45, 2.75) is 13.0 Å². The van der Waals surface area contributed by atoms with Crippen LogP contribution in [0.2, 0.25) is 0 Å². The first-order valence-corrected chi connectivity index (χ1v) is 6.53. The first-order valence-electron chi connectivity index (χ1n) is 6.53. The summed E-state index contributed by atoms with van der Waals surface area (Å²) in [6.07, 6.45) is 0. The van der Waals surface area contributed by atoms with Crippen LogP contribution in [0.4, 0.5) is 10.3 Å². The zero-order valence-corrected chi connectivity index (χ0v) is 12.5. The topological polar surface area (TPSA) is 63.1 Å². The standard InChI is InChI=1S/C14H18FN5O/c1-9(10-5-7-11(15)8-6-10)16-13(21)12-17-18-14(19(2)3)20(12)4/h5-9H,1-4H3,(H,16,21). The van der Waals surface area contributed by atoms with Crippen LogP contribution in [0.3, 0.4) is 0 Å². The van der Waals surface area contributed by atoms with Crippen LogP contribution < -0.4 is 10.2 Å². The number of carbonyl (C=O) groups is 1. The molecule has 0 aliphatic heterocycles. The number of aromatic nitrogens is 3. The van der Waals surface area contributed by atoms with E-state index in [0.717, 1.165) is 5.56 Å². The van der Waals surface area contributed by atoms with E-state index in [-0.39, 0.29) is 23.6 Å². The second-order valence-corrected chi connectivity index (χ2v) is 5.02. The number of amides is 1. The highest BCUT2D eigenvalue weighted by Gasteiger charge is 2.19. The first-order chi connectivity index (χ1) is 9.90. The molecule has 7 heteroatoms. The fourth-order valence-electron chi connectivity index (χ4n) is 2.00. The van der Waals surface area contributed by atoms with Gasteiger partial charge in [-0.3, -0.25) is 9.36 Å². The number of halogens is 1. The van der Waals surface area contributed by atoms with Gasteiger partial charge in [-0.2, -0.15) is 0 Å². The molecule has 0 aliphatic carbocycles. The minimum Gasteiger partial charge on any atom is -0.347 e. The largest absolute Gasteiger partial charge is 0.347 e. The normalized spacial score (nSPS) is 12.0. The fraction of sp³-hybridized carbons (Fsp3) is 0.357. The van der Waals surface area contributed by atoms with Crippen molar-refractivity contribution in [3.63, 3.8) is 0 Å².